The molecule has 2 atom stereocenters. The Bertz CT molecular complexity index is 1280. The summed E-state index contributed by atoms with van der Waals surface area (Å²) in [4.78, 5) is 0.261. The van der Waals surface area contributed by atoms with Crippen LogP contribution in [0.5, 0.6) is 0 Å². The summed E-state index contributed by atoms with van der Waals surface area (Å²) in [6.07, 6.45) is -0.680. The summed E-state index contributed by atoms with van der Waals surface area (Å²) < 4.78 is 35.1. The third kappa shape index (κ3) is 3.86. The van der Waals surface area contributed by atoms with Crippen molar-refractivity contribution in [3.63, 3.8) is 0 Å². The lowest BCUT2D eigenvalue weighted by molar-refractivity contribution is 0.0681. The van der Waals surface area contributed by atoms with Gasteiger partial charge in [0.1, 0.15) is 0 Å². The highest BCUT2D eigenvalue weighted by Gasteiger charge is 2.44. The molecular weight excluding hydrogens is 418 g/mol. The van der Waals surface area contributed by atoms with Crippen molar-refractivity contribution in [2.24, 2.45) is 0 Å². The molecule has 0 aliphatic carbocycles. The van der Waals surface area contributed by atoms with Crippen molar-refractivity contribution in [1.29, 1.82) is 0 Å². The second kappa shape index (κ2) is 8.71. The van der Waals surface area contributed by atoms with Gasteiger partial charge in [0.2, 0.25) is 10.0 Å². The Hall–Kier alpha value is -3.25. The van der Waals surface area contributed by atoms with E-state index in [0.717, 1.165) is 22.3 Å². The molecule has 0 N–H and O–H groups in total. The Balaban J connectivity index is 1.55. The van der Waals surface area contributed by atoms with Gasteiger partial charge in [-0.3, -0.25) is 0 Å². The molecule has 1 unspecified atom stereocenters. The van der Waals surface area contributed by atoms with Crippen LogP contribution in [0.15, 0.2) is 120 Å². The molecule has 5 heteroatoms. The SMILES string of the molecule is O=S(=O)(c1ccccc1)N1C(c2ccccc2)OC[C@@H]1c1ccc(-c2ccccc2)cc1. The fraction of sp³-hybridized carbons (Fsp3) is 0.111. The van der Waals surface area contributed by atoms with E-state index in [1.54, 1.807) is 24.3 Å². The molecule has 1 heterocycles. The van der Waals surface area contributed by atoms with E-state index >= 15 is 0 Å². The van der Waals surface area contributed by atoms with Crippen LogP contribution in [0, 0.1) is 0 Å². The van der Waals surface area contributed by atoms with Crippen LogP contribution in [0.2, 0.25) is 0 Å². The summed E-state index contributed by atoms with van der Waals surface area (Å²) in [7, 11) is -3.79. The van der Waals surface area contributed by atoms with Crippen molar-refractivity contribution < 1.29 is 13.2 Å². The van der Waals surface area contributed by atoms with Gasteiger partial charge in [-0.25, -0.2) is 8.42 Å². The first-order valence-electron chi connectivity index (χ1n) is 10.5. The van der Waals surface area contributed by atoms with E-state index in [1.807, 2.05) is 78.9 Å². The molecule has 0 saturated carbocycles. The summed E-state index contributed by atoms with van der Waals surface area (Å²) in [5, 5.41) is 0. The topological polar surface area (TPSA) is 46.6 Å². The maximum absolute atomic E-state index is 13.7. The summed E-state index contributed by atoms with van der Waals surface area (Å²) in [5.41, 5.74) is 3.93. The number of hydrogen-bond acceptors (Lipinski definition) is 3. The molecule has 4 aromatic rings. The predicted molar refractivity (Wildman–Crippen MR) is 125 cm³/mol. The van der Waals surface area contributed by atoms with Crippen molar-refractivity contribution in [2.75, 3.05) is 6.61 Å². The van der Waals surface area contributed by atoms with E-state index < -0.39 is 22.3 Å². The van der Waals surface area contributed by atoms with E-state index in [2.05, 4.69) is 12.1 Å². The number of hydrogen-bond donors (Lipinski definition) is 0. The second-order valence-electron chi connectivity index (χ2n) is 7.75. The van der Waals surface area contributed by atoms with Gasteiger partial charge in [0.15, 0.2) is 6.23 Å². The Morgan fingerprint density at radius 1 is 0.625 bits per heavy atom. The molecule has 4 aromatic carbocycles. The standard InChI is InChI=1S/C27H23NO3S/c29-32(30,25-14-8-3-9-15-25)28-26(20-31-27(28)24-12-6-2-7-13-24)23-18-16-22(17-19-23)21-10-4-1-5-11-21/h1-19,26-27H,20H2/t26-,27?/m1/s1. The van der Waals surface area contributed by atoms with Gasteiger partial charge in [0.25, 0.3) is 0 Å². The minimum Gasteiger partial charge on any atom is -0.356 e. The Morgan fingerprint density at radius 3 is 1.78 bits per heavy atom. The number of ether oxygens (including phenoxy) is 1. The molecule has 1 saturated heterocycles. The highest BCUT2D eigenvalue weighted by Crippen LogP contribution is 2.43. The summed E-state index contributed by atoms with van der Waals surface area (Å²) in [5.74, 6) is 0. The zero-order valence-corrected chi connectivity index (χ0v) is 18.2. The van der Waals surface area contributed by atoms with Crippen LogP contribution >= 0.6 is 0 Å². The van der Waals surface area contributed by atoms with Crippen LogP contribution < -0.4 is 0 Å². The number of nitrogens with zero attached hydrogens (tertiary/aromatic N) is 1. The molecule has 0 spiro atoms. The summed E-state index contributed by atoms with van der Waals surface area (Å²) in [6.45, 7) is 0.288. The Morgan fingerprint density at radius 2 is 1.16 bits per heavy atom. The van der Waals surface area contributed by atoms with Crippen molar-refractivity contribution in [3.05, 3.63) is 126 Å². The molecule has 0 bridgehead atoms. The average molecular weight is 442 g/mol. The fourth-order valence-electron chi connectivity index (χ4n) is 4.13. The fourth-order valence-corrected chi connectivity index (χ4v) is 5.83. The van der Waals surface area contributed by atoms with Crippen molar-refractivity contribution in [3.8, 4) is 11.1 Å². The van der Waals surface area contributed by atoms with Crippen LogP contribution in [0.4, 0.5) is 0 Å². The van der Waals surface area contributed by atoms with Crippen LogP contribution in [-0.2, 0) is 14.8 Å². The van der Waals surface area contributed by atoms with Gasteiger partial charge < -0.3 is 4.74 Å². The highest BCUT2D eigenvalue weighted by molar-refractivity contribution is 7.89. The largest absolute Gasteiger partial charge is 0.356 e. The Labute approximate surface area is 188 Å². The normalized spacial score (nSPS) is 19.1. The molecule has 1 fully saturated rings. The van der Waals surface area contributed by atoms with Gasteiger partial charge >= 0.3 is 0 Å². The maximum atomic E-state index is 13.7. The molecule has 160 valence electrons. The second-order valence-corrected chi connectivity index (χ2v) is 9.59. The van der Waals surface area contributed by atoms with Crippen LogP contribution in [0.3, 0.4) is 0 Å². The molecule has 0 radical (unpaired) electrons. The zero-order valence-electron chi connectivity index (χ0n) is 17.4. The molecule has 0 amide bonds. The van der Waals surface area contributed by atoms with E-state index in [4.69, 9.17) is 4.74 Å². The minimum absolute atomic E-state index is 0.261. The third-order valence-corrected chi connectivity index (χ3v) is 7.63. The summed E-state index contributed by atoms with van der Waals surface area (Å²) in [6, 6.07) is 35.8. The number of sulfonamides is 1. The van der Waals surface area contributed by atoms with Crippen molar-refractivity contribution in [1.82, 2.24) is 4.31 Å². The first kappa shape index (κ1) is 20.6. The molecule has 32 heavy (non-hydrogen) atoms. The van der Waals surface area contributed by atoms with Crippen molar-refractivity contribution >= 4 is 10.0 Å². The van der Waals surface area contributed by atoms with Crippen molar-refractivity contribution in [2.45, 2.75) is 17.2 Å². The average Bonchev–Trinajstić information content (AvgIpc) is 3.32. The first-order chi connectivity index (χ1) is 15.6. The lowest BCUT2D eigenvalue weighted by Crippen LogP contribution is -2.33. The zero-order chi connectivity index (χ0) is 22.0. The van der Waals surface area contributed by atoms with Gasteiger partial charge in [-0.1, -0.05) is 103 Å². The number of rotatable bonds is 5. The lowest BCUT2D eigenvalue weighted by Gasteiger charge is -2.28. The number of benzene rings is 4. The van der Waals surface area contributed by atoms with Gasteiger partial charge in [0.05, 0.1) is 17.5 Å². The van der Waals surface area contributed by atoms with Gasteiger partial charge in [-0.05, 0) is 34.4 Å². The van der Waals surface area contributed by atoms with E-state index in [9.17, 15) is 8.42 Å². The van der Waals surface area contributed by atoms with Gasteiger partial charge in [-0.15, -0.1) is 0 Å². The van der Waals surface area contributed by atoms with Crippen LogP contribution in [0.25, 0.3) is 11.1 Å². The molecule has 4 nitrogen and oxygen atoms in total. The third-order valence-electron chi connectivity index (χ3n) is 5.76. The van der Waals surface area contributed by atoms with Gasteiger partial charge in [-0.2, -0.15) is 4.31 Å². The van der Waals surface area contributed by atoms with Crippen LogP contribution in [0.1, 0.15) is 23.4 Å². The smallest absolute Gasteiger partial charge is 0.246 e. The minimum atomic E-state index is -3.79. The molecular formula is C27H23NO3S. The van der Waals surface area contributed by atoms with Crippen LogP contribution in [-0.4, -0.2) is 19.3 Å². The Kier molecular flexibility index (Phi) is 5.62. The summed E-state index contributed by atoms with van der Waals surface area (Å²) >= 11 is 0. The molecule has 5 rings (SSSR count). The molecule has 1 aliphatic heterocycles. The maximum Gasteiger partial charge on any atom is 0.246 e. The highest BCUT2D eigenvalue weighted by atomic mass is 32.2. The van der Waals surface area contributed by atoms with E-state index in [0.29, 0.717) is 0 Å². The monoisotopic (exact) mass is 441 g/mol. The van der Waals surface area contributed by atoms with E-state index in [1.165, 1.54) is 4.31 Å². The van der Waals surface area contributed by atoms with Gasteiger partial charge in [0, 0.05) is 0 Å². The lowest BCUT2D eigenvalue weighted by atomic mass is 10.0. The first-order valence-corrected chi connectivity index (χ1v) is 12.0. The molecule has 1 aliphatic rings. The van der Waals surface area contributed by atoms with E-state index in [-0.39, 0.29) is 11.5 Å². The quantitative estimate of drug-likeness (QED) is 0.392. The predicted octanol–water partition coefficient (Wildman–Crippen LogP) is 5.81. The molecule has 0 aromatic heterocycles.